The second-order valence-corrected chi connectivity index (χ2v) is 8.75. The van der Waals surface area contributed by atoms with Crippen molar-refractivity contribution in [3.8, 4) is 16.9 Å². The van der Waals surface area contributed by atoms with Crippen molar-refractivity contribution in [1.29, 1.82) is 0 Å². The second-order valence-electron chi connectivity index (χ2n) is 8.75. The molecule has 0 amide bonds. The molecule has 0 saturated heterocycles. The molecule has 0 saturated carbocycles. The average Bonchev–Trinajstić information content (AvgIpc) is 2.84. The Balaban J connectivity index is 1.45. The third kappa shape index (κ3) is 8.15. The summed E-state index contributed by atoms with van der Waals surface area (Å²) in [6.07, 6.45) is 14.0. The van der Waals surface area contributed by atoms with Crippen LogP contribution in [0.25, 0.3) is 11.1 Å². The van der Waals surface area contributed by atoms with Gasteiger partial charge in [0, 0.05) is 11.9 Å². The Hall–Kier alpha value is -2.61. The Morgan fingerprint density at radius 1 is 0.594 bits per heavy atom. The molecule has 170 valence electrons. The smallest absolute Gasteiger partial charge is 0.119 e. The van der Waals surface area contributed by atoms with E-state index in [-0.39, 0.29) is 0 Å². The van der Waals surface area contributed by atoms with Crippen LogP contribution < -0.4 is 4.74 Å². The quantitative estimate of drug-likeness (QED) is 0.241. The van der Waals surface area contributed by atoms with Gasteiger partial charge in [-0.1, -0.05) is 88.4 Å². The van der Waals surface area contributed by atoms with Gasteiger partial charge in [0.1, 0.15) is 5.75 Å². The van der Waals surface area contributed by atoms with Crippen LogP contribution in [0.2, 0.25) is 0 Å². The molecule has 0 N–H and O–H groups in total. The monoisotopic (exact) mass is 429 g/mol. The Kier molecular flexibility index (Phi) is 10.3. The fraction of sp³-hybridized carbons (Fsp3) is 0.433. The molecule has 2 aromatic carbocycles. The van der Waals surface area contributed by atoms with Crippen LogP contribution in [0.1, 0.15) is 75.6 Å². The third-order valence-corrected chi connectivity index (χ3v) is 6.03. The lowest BCUT2D eigenvalue weighted by Crippen LogP contribution is -1.97. The predicted octanol–water partition coefficient (Wildman–Crippen LogP) is 8.23. The first-order valence-electron chi connectivity index (χ1n) is 12.5. The summed E-state index contributed by atoms with van der Waals surface area (Å²) in [5.41, 5.74) is 6.38. The fourth-order valence-electron chi connectivity index (χ4n) is 3.93. The highest BCUT2D eigenvalue weighted by atomic mass is 16.5. The van der Waals surface area contributed by atoms with Crippen LogP contribution in [0.3, 0.4) is 0 Å². The van der Waals surface area contributed by atoms with Gasteiger partial charge in [-0.05, 0) is 72.6 Å². The van der Waals surface area contributed by atoms with E-state index >= 15 is 0 Å². The molecule has 2 heteroatoms. The molecule has 0 fully saturated rings. The molecule has 3 rings (SSSR count). The zero-order valence-corrected chi connectivity index (χ0v) is 20.0. The zero-order chi connectivity index (χ0) is 22.4. The number of rotatable bonds is 14. The van der Waals surface area contributed by atoms with Crippen LogP contribution in [0, 0.1) is 0 Å². The Labute approximate surface area is 195 Å². The highest BCUT2D eigenvalue weighted by Gasteiger charge is 2.02. The summed E-state index contributed by atoms with van der Waals surface area (Å²) in [6.45, 7) is 5.29. The lowest BCUT2D eigenvalue weighted by atomic mass is 10.0. The van der Waals surface area contributed by atoms with Crippen LogP contribution in [0.15, 0.2) is 66.9 Å². The van der Waals surface area contributed by atoms with E-state index in [0.717, 1.165) is 38.0 Å². The van der Waals surface area contributed by atoms with Crippen molar-refractivity contribution in [2.45, 2.75) is 78.1 Å². The number of nitrogens with zero attached hydrogens (tertiary/aromatic N) is 1. The molecule has 0 atom stereocenters. The van der Waals surface area contributed by atoms with E-state index in [1.165, 1.54) is 66.5 Å². The minimum absolute atomic E-state index is 0.810. The van der Waals surface area contributed by atoms with Crippen LogP contribution in [-0.4, -0.2) is 11.6 Å². The van der Waals surface area contributed by atoms with Crippen LogP contribution in [0.5, 0.6) is 5.75 Å². The van der Waals surface area contributed by atoms with Gasteiger partial charge in [-0.25, -0.2) is 0 Å². The topological polar surface area (TPSA) is 22.1 Å². The van der Waals surface area contributed by atoms with Crippen molar-refractivity contribution in [2.75, 3.05) is 6.61 Å². The Morgan fingerprint density at radius 2 is 1.25 bits per heavy atom. The maximum absolute atomic E-state index is 5.86. The molecule has 0 bridgehead atoms. The summed E-state index contributed by atoms with van der Waals surface area (Å²) in [5, 5.41) is 0. The molecule has 0 spiro atoms. The number of ether oxygens (including phenoxy) is 1. The van der Waals surface area contributed by atoms with Crippen molar-refractivity contribution >= 4 is 0 Å². The van der Waals surface area contributed by atoms with E-state index in [1.807, 2.05) is 0 Å². The van der Waals surface area contributed by atoms with Gasteiger partial charge in [0.05, 0.1) is 6.61 Å². The lowest BCUT2D eigenvalue weighted by Gasteiger charge is -2.08. The largest absolute Gasteiger partial charge is 0.494 e. The second kappa shape index (κ2) is 13.7. The zero-order valence-electron chi connectivity index (χ0n) is 20.0. The van der Waals surface area contributed by atoms with Gasteiger partial charge in [-0.2, -0.15) is 0 Å². The molecule has 0 radical (unpaired) electrons. The predicted molar refractivity (Wildman–Crippen MR) is 136 cm³/mol. The molecule has 3 aromatic rings. The molecule has 1 aromatic heterocycles. The average molecular weight is 430 g/mol. The summed E-state index contributed by atoms with van der Waals surface area (Å²) in [7, 11) is 0. The molecule has 0 unspecified atom stereocenters. The summed E-state index contributed by atoms with van der Waals surface area (Å²) in [5.74, 6) is 0.964. The molecule has 2 nitrogen and oxygen atoms in total. The van der Waals surface area contributed by atoms with E-state index in [2.05, 4.69) is 85.7 Å². The number of aromatic nitrogens is 1. The number of hydrogen-bond acceptors (Lipinski definition) is 2. The van der Waals surface area contributed by atoms with Gasteiger partial charge in [0.2, 0.25) is 0 Å². The number of pyridine rings is 1. The van der Waals surface area contributed by atoms with Crippen LogP contribution in [0.4, 0.5) is 0 Å². The first-order valence-corrected chi connectivity index (χ1v) is 12.5. The summed E-state index contributed by atoms with van der Waals surface area (Å²) in [6, 6.07) is 21.9. The highest BCUT2D eigenvalue weighted by Crippen LogP contribution is 2.23. The molecule has 0 aliphatic rings. The van der Waals surface area contributed by atoms with Gasteiger partial charge < -0.3 is 4.74 Å². The molecule has 0 aliphatic carbocycles. The maximum atomic E-state index is 5.86. The van der Waals surface area contributed by atoms with E-state index in [9.17, 15) is 0 Å². The molecular formula is C30H39NO. The van der Waals surface area contributed by atoms with Crippen molar-refractivity contribution in [1.82, 2.24) is 4.98 Å². The van der Waals surface area contributed by atoms with Crippen molar-refractivity contribution < 1.29 is 4.74 Å². The van der Waals surface area contributed by atoms with Crippen molar-refractivity contribution in [3.63, 3.8) is 0 Å². The normalized spacial score (nSPS) is 10.9. The van der Waals surface area contributed by atoms with Crippen LogP contribution >= 0.6 is 0 Å². The number of unbranched alkanes of at least 4 members (excludes halogenated alkanes) is 5. The summed E-state index contributed by atoms with van der Waals surface area (Å²) in [4.78, 5) is 4.67. The van der Waals surface area contributed by atoms with E-state index in [4.69, 9.17) is 4.74 Å². The Bertz CT molecular complexity index is 882. The first-order chi connectivity index (χ1) is 15.8. The third-order valence-electron chi connectivity index (χ3n) is 6.03. The Morgan fingerprint density at radius 3 is 1.91 bits per heavy atom. The number of hydrogen-bond donors (Lipinski definition) is 0. The van der Waals surface area contributed by atoms with Gasteiger partial charge in [0.15, 0.2) is 0 Å². The van der Waals surface area contributed by atoms with E-state index in [0.29, 0.717) is 0 Å². The van der Waals surface area contributed by atoms with Gasteiger partial charge in [-0.3, -0.25) is 4.98 Å². The minimum atomic E-state index is 0.810. The van der Waals surface area contributed by atoms with Crippen molar-refractivity contribution in [2.24, 2.45) is 0 Å². The SMILES string of the molecule is CCCCCCOc1ccc(-c2ccc(CCc3ccc(CCCCC)cn3)cc2)cc1. The fourth-order valence-corrected chi connectivity index (χ4v) is 3.93. The number of aryl methyl sites for hydroxylation is 3. The van der Waals surface area contributed by atoms with E-state index in [1.54, 1.807) is 0 Å². The van der Waals surface area contributed by atoms with E-state index < -0.39 is 0 Å². The molecule has 0 aliphatic heterocycles. The van der Waals surface area contributed by atoms with Crippen molar-refractivity contribution in [3.05, 3.63) is 83.7 Å². The van der Waals surface area contributed by atoms with Gasteiger partial charge >= 0.3 is 0 Å². The van der Waals surface area contributed by atoms with Gasteiger partial charge in [0.25, 0.3) is 0 Å². The number of benzene rings is 2. The minimum Gasteiger partial charge on any atom is -0.494 e. The molecular weight excluding hydrogens is 390 g/mol. The lowest BCUT2D eigenvalue weighted by molar-refractivity contribution is 0.305. The molecule has 32 heavy (non-hydrogen) atoms. The van der Waals surface area contributed by atoms with Crippen LogP contribution in [-0.2, 0) is 19.3 Å². The molecule has 1 heterocycles. The van der Waals surface area contributed by atoms with Gasteiger partial charge in [-0.15, -0.1) is 0 Å². The standard InChI is InChI=1S/C30H39NO/c1-3-5-7-9-23-32-30-21-17-28(18-22-30)27-15-11-25(12-16-27)13-19-29-20-14-26(24-31-29)10-8-6-4-2/h11-12,14-18,20-22,24H,3-10,13,19,23H2,1-2H3. The first kappa shape index (κ1) is 24.0. The summed E-state index contributed by atoms with van der Waals surface area (Å²) >= 11 is 0. The maximum Gasteiger partial charge on any atom is 0.119 e. The summed E-state index contributed by atoms with van der Waals surface area (Å²) < 4.78 is 5.86. The highest BCUT2D eigenvalue weighted by molar-refractivity contribution is 5.64.